The van der Waals surface area contributed by atoms with E-state index in [2.05, 4.69) is 481 Å². The van der Waals surface area contributed by atoms with Gasteiger partial charge in [-0.2, -0.15) is 0 Å². The first kappa shape index (κ1) is 79.4. The summed E-state index contributed by atoms with van der Waals surface area (Å²) >= 11 is 0. The van der Waals surface area contributed by atoms with Gasteiger partial charge in [0.05, 0.1) is 0 Å². The number of fused-ring (bicyclic) bond motifs is 12. The van der Waals surface area contributed by atoms with Crippen LogP contribution < -0.4 is 19.6 Å². The molecule has 4 heterocycles. The van der Waals surface area contributed by atoms with Crippen LogP contribution in [0.1, 0.15) is 0 Å². The summed E-state index contributed by atoms with van der Waals surface area (Å²) in [5.41, 5.74) is 35.7. The lowest BCUT2D eigenvalue weighted by molar-refractivity contribution is 0.669. The van der Waals surface area contributed by atoms with Crippen LogP contribution >= 0.6 is 0 Å². The molecule has 0 saturated carbocycles. The molecule has 632 valence electrons. The second-order valence-corrected chi connectivity index (χ2v) is 33.8. The summed E-state index contributed by atoms with van der Waals surface area (Å²) in [4.78, 5) is 9.26. The number of para-hydroxylation sites is 10. The van der Waals surface area contributed by atoms with Crippen LogP contribution in [-0.4, -0.2) is 0 Å². The lowest BCUT2D eigenvalue weighted by Gasteiger charge is -2.28. The van der Waals surface area contributed by atoms with E-state index >= 15 is 0 Å². The molecule has 8 heteroatoms. The molecule has 25 aromatic rings. The Bertz CT molecular complexity index is 8080. The molecule has 0 fully saturated rings. The van der Waals surface area contributed by atoms with Crippen LogP contribution in [0.15, 0.2) is 527 Å². The summed E-state index contributed by atoms with van der Waals surface area (Å²) in [5, 5.41) is 9.01. The molecule has 0 N–H and O–H groups in total. The average Bonchev–Trinajstić information content (AvgIpc) is 1.61. The maximum Gasteiger partial charge on any atom is 0.143 e. The molecule has 0 spiro atoms. The molecule has 21 aromatic carbocycles. The van der Waals surface area contributed by atoms with Crippen LogP contribution in [0.5, 0.6) is 0 Å². The molecule has 0 bridgehead atoms. The van der Waals surface area contributed by atoms with Crippen LogP contribution in [0.4, 0.5) is 68.2 Å². The molecule has 134 heavy (non-hydrogen) atoms. The standard InChI is InChI=1S/C72H48N2O2.C54H36N2O2/c1-3-13-49(14-4-1)51-25-37-57(38-26-51)73(58-39-27-52(28-40-58)50-15-5-2-6-16-50)59-41-29-53(30-42-59)54-31-43-60(44-32-54)74(61-45-33-55(34-46-61)63-19-11-21-67-65-17-7-9-23-69(65)75-71(63)67)62-47-35-56(36-48-62)64-20-12-22-68-66-18-8-10-24-70(66)76-72(64)68;1-3-13-39(14-4-1)55(41-29-25-37(26-30-41)45-19-11-21-49-47-17-7-9-23-51(47)57-53(45)49)43-33-35-44(36-34-43)56(40-15-5-2-6-16-40)42-31-27-38(28-32-42)46-20-12-22-50-48-18-8-10-24-52(48)58-54(46)50/h1-48H;1-36H. The Morgan fingerprint density at radius 3 is 0.463 bits per heavy atom. The van der Waals surface area contributed by atoms with Crippen molar-refractivity contribution in [3.8, 4) is 77.9 Å². The zero-order valence-electron chi connectivity index (χ0n) is 72.9. The number of anilines is 12. The molecule has 0 aliphatic carbocycles. The second-order valence-electron chi connectivity index (χ2n) is 33.8. The Morgan fingerprint density at radius 2 is 0.254 bits per heavy atom. The predicted molar refractivity (Wildman–Crippen MR) is 559 cm³/mol. The van der Waals surface area contributed by atoms with Crippen molar-refractivity contribution < 1.29 is 17.7 Å². The Labute approximate surface area is 775 Å². The second kappa shape index (κ2) is 34.6. The van der Waals surface area contributed by atoms with Crippen LogP contribution in [-0.2, 0) is 0 Å². The van der Waals surface area contributed by atoms with Crippen molar-refractivity contribution >= 4 is 156 Å². The highest BCUT2D eigenvalue weighted by atomic mass is 16.3. The highest BCUT2D eigenvalue weighted by Crippen LogP contribution is 2.48. The van der Waals surface area contributed by atoms with Gasteiger partial charge in [-0.1, -0.05) is 340 Å². The Morgan fingerprint density at radius 1 is 0.104 bits per heavy atom. The number of hydrogen-bond acceptors (Lipinski definition) is 8. The van der Waals surface area contributed by atoms with Crippen LogP contribution in [0.2, 0.25) is 0 Å². The maximum absolute atomic E-state index is 6.47. The monoisotopic (exact) mass is 1720 g/mol. The van der Waals surface area contributed by atoms with Crippen molar-refractivity contribution in [3.63, 3.8) is 0 Å². The van der Waals surface area contributed by atoms with Crippen molar-refractivity contribution in [1.29, 1.82) is 0 Å². The van der Waals surface area contributed by atoms with E-state index in [0.29, 0.717) is 0 Å². The Hall–Kier alpha value is -18.0. The highest BCUT2D eigenvalue weighted by Gasteiger charge is 2.24. The normalized spacial score (nSPS) is 11.4. The van der Waals surface area contributed by atoms with E-state index in [1.807, 2.05) is 48.5 Å². The molecule has 4 aromatic heterocycles. The number of hydrogen-bond donors (Lipinski definition) is 0. The number of nitrogens with zero attached hydrogens (tertiary/aromatic N) is 4. The van der Waals surface area contributed by atoms with Gasteiger partial charge in [0, 0.05) is 134 Å². The zero-order valence-corrected chi connectivity index (χ0v) is 72.9. The first-order valence-electron chi connectivity index (χ1n) is 45.4. The summed E-state index contributed by atoms with van der Waals surface area (Å²) in [7, 11) is 0. The molecule has 0 aliphatic rings. The summed E-state index contributed by atoms with van der Waals surface area (Å²) in [6, 6.07) is 180. The van der Waals surface area contributed by atoms with E-state index in [9.17, 15) is 0 Å². The van der Waals surface area contributed by atoms with Crippen molar-refractivity contribution in [3.05, 3.63) is 510 Å². The molecule has 0 atom stereocenters. The van der Waals surface area contributed by atoms with Gasteiger partial charge in [-0.15, -0.1) is 0 Å². The van der Waals surface area contributed by atoms with E-state index in [-0.39, 0.29) is 0 Å². The molecule has 25 rings (SSSR count). The third-order valence-corrected chi connectivity index (χ3v) is 25.8. The summed E-state index contributed by atoms with van der Waals surface area (Å²) in [5.74, 6) is 0. The Kier molecular flexibility index (Phi) is 20.5. The van der Waals surface area contributed by atoms with Crippen molar-refractivity contribution in [2.45, 2.75) is 0 Å². The third-order valence-electron chi connectivity index (χ3n) is 25.8. The zero-order chi connectivity index (χ0) is 88.8. The minimum atomic E-state index is 0.893. The molecule has 0 radical (unpaired) electrons. The average molecular weight is 1720 g/mol. The highest BCUT2D eigenvalue weighted by molar-refractivity contribution is 6.13. The van der Waals surface area contributed by atoms with Crippen molar-refractivity contribution in [1.82, 2.24) is 0 Å². The minimum Gasteiger partial charge on any atom is -0.455 e. The van der Waals surface area contributed by atoms with Gasteiger partial charge >= 0.3 is 0 Å². The van der Waals surface area contributed by atoms with Gasteiger partial charge < -0.3 is 37.3 Å². The number of furan rings is 4. The molecular formula is C126H84N4O4. The van der Waals surface area contributed by atoms with Gasteiger partial charge in [0.15, 0.2) is 0 Å². The fourth-order valence-electron chi connectivity index (χ4n) is 19.2. The van der Waals surface area contributed by atoms with E-state index in [1.54, 1.807) is 0 Å². The fourth-order valence-corrected chi connectivity index (χ4v) is 19.2. The van der Waals surface area contributed by atoms with Gasteiger partial charge in [0.25, 0.3) is 0 Å². The molecule has 0 aliphatic heterocycles. The molecule has 8 nitrogen and oxygen atoms in total. The number of benzene rings is 21. The van der Waals surface area contributed by atoms with Crippen molar-refractivity contribution in [2.75, 3.05) is 19.6 Å². The summed E-state index contributed by atoms with van der Waals surface area (Å²) in [6.45, 7) is 0. The largest absolute Gasteiger partial charge is 0.455 e. The van der Waals surface area contributed by atoms with Crippen molar-refractivity contribution in [2.24, 2.45) is 0 Å². The molecular weight excluding hydrogens is 1630 g/mol. The van der Waals surface area contributed by atoms with Crippen LogP contribution in [0.3, 0.4) is 0 Å². The Balaban J connectivity index is 0.000000153. The maximum atomic E-state index is 6.47. The molecule has 0 unspecified atom stereocenters. The van der Waals surface area contributed by atoms with Gasteiger partial charge in [0.1, 0.15) is 44.7 Å². The van der Waals surface area contributed by atoms with Gasteiger partial charge in [-0.3, -0.25) is 0 Å². The fraction of sp³-hybridized carbons (Fsp3) is 0. The van der Waals surface area contributed by atoms with Crippen LogP contribution in [0, 0.1) is 0 Å². The smallest absolute Gasteiger partial charge is 0.143 e. The quantitative estimate of drug-likeness (QED) is 0.0793. The minimum absolute atomic E-state index is 0.893. The molecule has 0 amide bonds. The first-order chi connectivity index (χ1) is 66.4. The lowest BCUT2D eigenvalue weighted by Crippen LogP contribution is -2.12. The van der Waals surface area contributed by atoms with E-state index in [4.69, 9.17) is 17.7 Å². The predicted octanol–water partition coefficient (Wildman–Crippen LogP) is 36.5. The summed E-state index contributed by atoms with van der Waals surface area (Å²) in [6.07, 6.45) is 0. The number of rotatable bonds is 19. The molecule has 0 saturated heterocycles. The summed E-state index contributed by atoms with van der Waals surface area (Å²) < 4.78 is 25.7. The lowest BCUT2D eigenvalue weighted by atomic mass is 10.0. The van der Waals surface area contributed by atoms with Gasteiger partial charge in [0.2, 0.25) is 0 Å². The van der Waals surface area contributed by atoms with Gasteiger partial charge in [-0.05, 0) is 225 Å². The van der Waals surface area contributed by atoms with E-state index in [0.717, 1.165) is 212 Å². The van der Waals surface area contributed by atoms with Crippen LogP contribution in [0.25, 0.3) is 166 Å². The SMILES string of the molecule is c1ccc(-c2ccc(N(c3ccc(-c4ccccc4)cc3)c3ccc(-c4ccc(N(c5ccc(-c6cccc7c6oc6ccccc67)cc5)c5ccc(-c6cccc7c6oc6ccccc67)cc5)cc4)cc3)cc2)cc1.c1ccc(N(c2ccc(-c3cccc4c3oc3ccccc34)cc2)c2ccc(N(c3ccccc3)c3ccc(-c4cccc5c4oc4ccccc45)cc3)cc2)cc1. The topological polar surface area (TPSA) is 65.5 Å². The third kappa shape index (κ3) is 15.0. The first-order valence-corrected chi connectivity index (χ1v) is 45.4. The van der Waals surface area contributed by atoms with E-state index in [1.165, 1.54) is 22.3 Å². The van der Waals surface area contributed by atoms with Gasteiger partial charge in [-0.25, -0.2) is 0 Å². The van der Waals surface area contributed by atoms with E-state index < -0.39 is 0 Å².